The van der Waals surface area contributed by atoms with Gasteiger partial charge in [-0.25, -0.2) is 19.4 Å². The summed E-state index contributed by atoms with van der Waals surface area (Å²) in [5, 5.41) is 8.32. The number of nitrogens with one attached hydrogen (secondary N) is 1. The summed E-state index contributed by atoms with van der Waals surface area (Å²) in [4.78, 5) is 56.2. The molecule has 16 nitrogen and oxygen atoms in total. The largest absolute Gasteiger partial charge is 0.493 e. The SMILES string of the molecule is CCn1ncnc1CN1CCCCN(C(=O)CN2CCOC2=O)CC(=O)NCC2CCCN(C2)c2nc3cc(OC)c(OC)c(OC)c3cc2C1. The first kappa shape index (κ1) is 35.9. The molecule has 2 bridgehead atoms. The van der Waals surface area contributed by atoms with E-state index in [0.717, 1.165) is 53.9 Å². The molecule has 2 fully saturated rings. The van der Waals surface area contributed by atoms with Gasteiger partial charge in [-0.3, -0.25) is 19.4 Å². The van der Waals surface area contributed by atoms with Crippen molar-refractivity contribution in [3.8, 4) is 17.2 Å². The van der Waals surface area contributed by atoms with Crippen molar-refractivity contribution in [2.24, 2.45) is 5.92 Å². The molecule has 3 aliphatic heterocycles. The fourth-order valence-electron chi connectivity index (χ4n) is 7.22. The summed E-state index contributed by atoms with van der Waals surface area (Å²) in [7, 11) is 4.81. The molecule has 3 aliphatic rings. The van der Waals surface area contributed by atoms with Crippen molar-refractivity contribution in [2.45, 2.75) is 52.2 Å². The molecular formula is C35H49N9O7. The summed E-state index contributed by atoms with van der Waals surface area (Å²) < 4.78 is 24.2. The summed E-state index contributed by atoms with van der Waals surface area (Å²) in [5.41, 5.74) is 1.76. The molecule has 1 aromatic carbocycles. The van der Waals surface area contributed by atoms with Gasteiger partial charge in [0.05, 0.1) is 46.5 Å². The molecule has 0 spiro atoms. The molecule has 2 aromatic heterocycles. The molecule has 0 radical (unpaired) electrons. The number of hydrogen-bond donors (Lipinski definition) is 1. The lowest BCUT2D eigenvalue weighted by molar-refractivity contribution is -0.136. The van der Waals surface area contributed by atoms with Crippen LogP contribution in [0.2, 0.25) is 0 Å². The van der Waals surface area contributed by atoms with Crippen LogP contribution < -0.4 is 24.4 Å². The molecule has 1 N–H and O–H groups in total. The quantitative estimate of drug-likeness (QED) is 0.365. The molecule has 1 atom stereocenters. The Kier molecular flexibility index (Phi) is 11.6. The predicted molar refractivity (Wildman–Crippen MR) is 188 cm³/mol. The van der Waals surface area contributed by atoms with Crippen LogP contribution in [0.4, 0.5) is 10.6 Å². The van der Waals surface area contributed by atoms with Gasteiger partial charge in [-0.15, -0.1) is 0 Å². The molecule has 16 heteroatoms. The standard InChI is InChI=1S/C35H49N9O7/c1-5-44-29(37-23-38-44)20-40-10-6-7-11-41(31(46)22-43-13-14-51-35(43)47)21-30(45)36-17-24-9-8-12-42(18-24)34-25(19-40)15-26-27(39-34)16-28(48-2)33(50-4)32(26)49-3/h15-16,23-24H,5-14,17-22H2,1-4H3,(H,36,45). The predicted octanol–water partition coefficient (Wildman–Crippen LogP) is 2.28. The fourth-order valence-corrected chi connectivity index (χ4v) is 7.22. The maximum atomic E-state index is 13.4. The Hall–Kier alpha value is -4.86. The molecule has 2 saturated heterocycles. The highest BCUT2D eigenvalue weighted by Gasteiger charge is 2.30. The van der Waals surface area contributed by atoms with E-state index >= 15 is 0 Å². The lowest BCUT2D eigenvalue weighted by atomic mass is 9.97. The van der Waals surface area contributed by atoms with Crippen LogP contribution in [0.5, 0.6) is 17.2 Å². The van der Waals surface area contributed by atoms with Gasteiger partial charge in [-0.05, 0) is 51.1 Å². The van der Waals surface area contributed by atoms with Gasteiger partial charge < -0.3 is 34.1 Å². The van der Waals surface area contributed by atoms with Gasteiger partial charge in [0.1, 0.15) is 31.1 Å². The van der Waals surface area contributed by atoms with Crippen molar-refractivity contribution in [3.63, 3.8) is 0 Å². The third kappa shape index (κ3) is 8.21. The van der Waals surface area contributed by atoms with Crippen LogP contribution in [-0.4, -0.2) is 133 Å². The Balaban J connectivity index is 1.36. The summed E-state index contributed by atoms with van der Waals surface area (Å²) in [5.74, 6) is 3.04. The number of cyclic esters (lactones) is 1. The number of carbonyl (C=O) groups is 3. The van der Waals surface area contributed by atoms with E-state index in [-0.39, 0.29) is 37.4 Å². The van der Waals surface area contributed by atoms with E-state index in [2.05, 4.69) is 31.3 Å². The second kappa shape index (κ2) is 16.4. The van der Waals surface area contributed by atoms with Crippen molar-refractivity contribution < 1.29 is 33.3 Å². The molecule has 6 rings (SSSR count). The number of benzene rings is 1. The fraction of sp³-hybridized carbons (Fsp3) is 0.600. The van der Waals surface area contributed by atoms with Gasteiger partial charge in [-0.1, -0.05) is 0 Å². The van der Waals surface area contributed by atoms with Crippen LogP contribution in [0, 0.1) is 5.92 Å². The lowest BCUT2D eigenvalue weighted by Crippen LogP contribution is -2.47. The van der Waals surface area contributed by atoms with Gasteiger partial charge in [0.15, 0.2) is 11.5 Å². The maximum absolute atomic E-state index is 13.4. The number of amides is 3. The van der Waals surface area contributed by atoms with E-state index in [1.807, 2.05) is 17.7 Å². The van der Waals surface area contributed by atoms with Crippen LogP contribution in [0.1, 0.15) is 44.0 Å². The molecular weight excluding hydrogens is 658 g/mol. The van der Waals surface area contributed by atoms with Crippen LogP contribution in [-0.2, 0) is 34.0 Å². The van der Waals surface area contributed by atoms with E-state index in [9.17, 15) is 14.4 Å². The van der Waals surface area contributed by atoms with E-state index < -0.39 is 6.09 Å². The topological polar surface area (TPSA) is 157 Å². The zero-order valence-corrected chi connectivity index (χ0v) is 30.1. The Morgan fingerprint density at radius 3 is 2.57 bits per heavy atom. The highest BCUT2D eigenvalue weighted by molar-refractivity contribution is 5.92. The highest BCUT2D eigenvalue weighted by Crippen LogP contribution is 2.44. The number of carbonyl (C=O) groups excluding carboxylic acids is 3. The number of piperidine rings is 1. The van der Waals surface area contributed by atoms with Crippen molar-refractivity contribution in [3.05, 3.63) is 29.8 Å². The number of pyridine rings is 1. The average Bonchev–Trinajstić information content (AvgIpc) is 3.77. The van der Waals surface area contributed by atoms with E-state index in [1.165, 1.54) is 4.90 Å². The van der Waals surface area contributed by atoms with E-state index in [1.54, 1.807) is 32.6 Å². The highest BCUT2D eigenvalue weighted by atomic mass is 16.6. The number of rotatable bonds is 8. The minimum atomic E-state index is -0.502. The number of methoxy groups -OCH3 is 3. The monoisotopic (exact) mass is 707 g/mol. The molecule has 3 aromatic rings. The zero-order valence-electron chi connectivity index (χ0n) is 30.1. The minimum absolute atomic E-state index is 0.0645. The number of fused-ring (bicyclic) bond motifs is 5. The molecule has 1 unspecified atom stereocenters. The Bertz CT molecular complexity index is 1720. The maximum Gasteiger partial charge on any atom is 0.410 e. The van der Waals surface area contributed by atoms with Gasteiger partial charge in [-0.2, -0.15) is 5.10 Å². The third-order valence-corrected chi connectivity index (χ3v) is 9.85. The Labute approximate surface area is 297 Å². The van der Waals surface area contributed by atoms with E-state index in [0.29, 0.717) is 76.0 Å². The normalized spacial score (nSPS) is 19.5. The molecule has 5 heterocycles. The first-order chi connectivity index (χ1) is 24.8. The first-order valence-electron chi connectivity index (χ1n) is 17.7. The number of hydrogen-bond acceptors (Lipinski definition) is 12. The van der Waals surface area contributed by atoms with Crippen LogP contribution in [0.15, 0.2) is 18.5 Å². The zero-order chi connectivity index (χ0) is 35.9. The molecule has 0 aliphatic carbocycles. The Morgan fingerprint density at radius 1 is 1.00 bits per heavy atom. The van der Waals surface area contributed by atoms with E-state index in [4.69, 9.17) is 23.9 Å². The van der Waals surface area contributed by atoms with Crippen molar-refractivity contribution in [2.75, 3.05) is 85.2 Å². The van der Waals surface area contributed by atoms with Crippen LogP contribution in [0.25, 0.3) is 10.9 Å². The first-order valence-corrected chi connectivity index (χ1v) is 17.7. The molecule has 0 saturated carbocycles. The number of ether oxygens (including phenoxy) is 4. The lowest BCUT2D eigenvalue weighted by Gasteiger charge is -2.36. The summed E-state index contributed by atoms with van der Waals surface area (Å²) in [6, 6.07) is 4.03. The summed E-state index contributed by atoms with van der Waals surface area (Å²) in [6.07, 6.45) is 4.38. The van der Waals surface area contributed by atoms with Crippen LogP contribution in [0.3, 0.4) is 0 Å². The third-order valence-electron chi connectivity index (χ3n) is 9.85. The second-order valence-electron chi connectivity index (χ2n) is 13.2. The number of nitrogens with zero attached hydrogens (tertiary/aromatic N) is 8. The van der Waals surface area contributed by atoms with Crippen molar-refractivity contribution in [1.82, 2.24) is 39.8 Å². The molecule has 276 valence electrons. The smallest absolute Gasteiger partial charge is 0.410 e. The van der Waals surface area contributed by atoms with Crippen molar-refractivity contribution >= 4 is 34.6 Å². The second-order valence-corrected chi connectivity index (χ2v) is 13.2. The molecule has 3 amide bonds. The summed E-state index contributed by atoms with van der Waals surface area (Å²) in [6.45, 7) is 7.40. The number of aryl methyl sites for hydroxylation is 1. The average molecular weight is 708 g/mol. The number of anilines is 1. The Morgan fingerprint density at radius 2 is 1.82 bits per heavy atom. The van der Waals surface area contributed by atoms with Crippen molar-refractivity contribution in [1.29, 1.82) is 0 Å². The van der Waals surface area contributed by atoms with Crippen LogP contribution >= 0.6 is 0 Å². The minimum Gasteiger partial charge on any atom is -0.493 e. The van der Waals surface area contributed by atoms with Gasteiger partial charge in [0.25, 0.3) is 0 Å². The van der Waals surface area contributed by atoms with Gasteiger partial charge >= 0.3 is 6.09 Å². The number of aromatic nitrogens is 4. The van der Waals surface area contributed by atoms with Gasteiger partial charge in [0, 0.05) is 56.3 Å². The summed E-state index contributed by atoms with van der Waals surface area (Å²) >= 11 is 0. The van der Waals surface area contributed by atoms with Gasteiger partial charge in [0.2, 0.25) is 17.6 Å². The molecule has 51 heavy (non-hydrogen) atoms.